The van der Waals surface area contributed by atoms with E-state index in [1.54, 1.807) is 26.0 Å². The Hall–Kier alpha value is -2.63. The van der Waals surface area contributed by atoms with Crippen LogP contribution in [0.4, 0.5) is 0 Å². The summed E-state index contributed by atoms with van der Waals surface area (Å²) in [7, 11) is 0. The van der Waals surface area contributed by atoms with Gasteiger partial charge in [-0.1, -0.05) is 38.1 Å². The Bertz CT molecular complexity index is 640. The Morgan fingerprint density at radius 1 is 1.20 bits per heavy atom. The second kappa shape index (κ2) is 9.61. The summed E-state index contributed by atoms with van der Waals surface area (Å²) < 4.78 is 5.20. The van der Waals surface area contributed by atoms with Crippen molar-refractivity contribution >= 4 is 17.8 Å². The minimum Gasteiger partial charge on any atom is -0.451 e. The SMILES string of the molecule is C=CCNC(=O)[C@@H](C)OC(=O)[C@@H](NC(=O)c1ccccc1C)C(C)C. The van der Waals surface area contributed by atoms with Crippen LogP contribution in [0.5, 0.6) is 0 Å². The first-order chi connectivity index (χ1) is 11.8. The molecule has 1 aromatic rings. The van der Waals surface area contributed by atoms with Crippen molar-refractivity contribution in [3.8, 4) is 0 Å². The molecule has 0 bridgehead atoms. The zero-order valence-corrected chi connectivity index (χ0v) is 15.2. The predicted octanol–water partition coefficient (Wildman–Crippen LogP) is 1.98. The first-order valence-corrected chi connectivity index (χ1v) is 8.23. The van der Waals surface area contributed by atoms with Crippen molar-refractivity contribution in [1.82, 2.24) is 10.6 Å². The van der Waals surface area contributed by atoms with Gasteiger partial charge in [0.2, 0.25) is 0 Å². The van der Waals surface area contributed by atoms with Crippen molar-refractivity contribution in [1.29, 1.82) is 0 Å². The van der Waals surface area contributed by atoms with Gasteiger partial charge in [0, 0.05) is 12.1 Å². The van der Waals surface area contributed by atoms with E-state index in [1.165, 1.54) is 13.0 Å². The molecule has 0 heterocycles. The lowest BCUT2D eigenvalue weighted by molar-refractivity contribution is -0.157. The van der Waals surface area contributed by atoms with Crippen molar-refractivity contribution < 1.29 is 19.1 Å². The molecule has 25 heavy (non-hydrogen) atoms. The zero-order chi connectivity index (χ0) is 19.0. The molecule has 6 heteroatoms. The molecule has 1 aromatic carbocycles. The van der Waals surface area contributed by atoms with E-state index in [1.807, 2.05) is 19.1 Å². The maximum absolute atomic E-state index is 12.4. The van der Waals surface area contributed by atoms with Crippen LogP contribution in [0.15, 0.2) is 36.9 Å². The van der Waals surface area contributed by atoms with Crippen LogP contribution < -0.4 is 10.6 Å². The van der Waals surface area contributed by atoms with E-state index in [4.69, 9.17) is 4.74 Å². The summed E-state index contributed by atoms with van der Waals surface area (Å²) in [4.78, 5) is 36.6. The number of hydrogen-bond donors (Lipinski definition) is 2. The molecule has 0 aromatic heterocycles. The van der Waals surface area contributed by atoms with Crippen LogP contribution in [0, 0.1) is 12.8 Å². The highest BCUT2D eigenvalue weighted by Crippen LogP contribution is 2.11. The van der Waals surface area contributed by atoms with Crippen LogP contribution in [-0.4, -0.2) is 36.5 Å². The fourth-order valence-corrected chi connectivity index (χ4v) is 2.16. The number of benzene rings is 1. The third-order valence-corrected chi connectivity index (χ3v) is 3.68. The molecule has 0 spiro atoms. The van der Waals surface area contributed by atoms with Crippen LogP contribution in [-0.2, 0) is 14.3 Å². The molecule has 0 unspecified atom stereocenters. The fraction of sp³-hybridized carbons (Fsp3) is 0.421. The third-order valence-electron chi connectivity index (χ3n) is 3.68. The second-order valence-corrected chi connectivity index (χ2v) is 6.12. The summed E-state index contributed by atoms with van der Waals surface area (Å²) in [6.07, 6.45) is 0.579. The van der Waals surface area contributed by atoms with Gasteiger partial charge >= 0.3 is 5.97 Å². The molecule has 2 N–H and O–H groups in total. The van der Waals surface area contributed by atoms with Gasteiger partial charge in [-0.05, 0) is 31.4 Å². The van der Waals surface area contributed by atoms with Crippen molar-refractivity contribution in [3.63, 3.8) is 0 Å². The van der Waals surface area contributed by atoms with Crippen LogP contribution in [0.3, 0.4) is 0 Å². The first-order valence-electron chi connectivity index (χ1n) is 8.23. The van der Waals surface area contributed by atoms with Gasteiger partial charge in [0.1, 0.15) is 6.04 Å². The summed E-state index contributed by atoms with van der Waals surface area (Å²) in [5.74, 6) is -1.60. The molecule has 0 fully saturated rings. The number of amides is 2. The van der Waals surface area contributed by atoms with Crippen molar-refractivity contribution in [3.05, 3.63) is 48.0 Å². The normalized spacial score (nSPS) is 12.8. The molecule has 0 radical (unpaired) electrons. The Morgan fingerprint density at radius 3 is 2.40 bits per heavy atom. The maximum atomic E-state index is 12.4. The van der Waals surface area contributed by atoms with E-state index in [9.17, 15) is 14.4 Å². The molecule has 136 valence electrons. The van der Waals surface area contributed by atoms with Crippen LogP contribution in [0.2, 0.25) is 0 Å². The third kappa shape index (κ3) is 6.06. The number of ether oxygens (including phenoxy) is 1. The molecule has 2 atom stereocenters. The van der Waals surface area contributed by atoms with Gasteiger partial charge in [0.15, 0.2) is 6.10 Å². The molecular formula is C19H26N2O4. The van der Waals surface area contributed by atoms with Crippen LogP contribution in [0.1, 0.15) is 36.7 Å². The van der Waals surface area contributed by atoms with Gasteiger partial charge in [-0.2, -0.15) is 0 Å². The molecule has 0 saturated heterocycles. The van der Waals surface area contributed by atoms with E-state index in [2.05, 4.69) is 17.2 Å². The minimum absolute atomic E-state index is 0.191. The molecule has 2 amide bonds. The van der Waals surface area contributed by atoms with Crippen molar-refractivity contribution in [2.45, 2.75) is 39.8 Å². The van der Waals surface area contributed by atoms with Gasteiger partial charge in [0.25, 0.3) is 11.8 Å². The summed E-state index contributed by atoms with van der Waals surface area (Å²) in [6.45, 7) is 10.7. The highest BCUT2D eigenvalue weighted by molar-refractivity contribution is 5.98. The number of hydrogen-bond acceptors (Lipinski definition) is 4. The molecule has 0 aliphatic carbocycles. The number of carbonyl (C=O) groups is 3. The monoisotopic (exact) mass is 346 g/mol. The van der Waals surface area contributed by atoms with E-state index in [0.29, 0.717) is 12.1 Å². The van der Waals surface area contributed by atoms with Gasteiger partial charge < -0.3 is 15.4 Å². The highest BCUT2D eigenvalue weighted by atomic mass is 16.5. The molecular weight excluding hydrogens is 320 g/mol. The number of rotatable bonds is 8. The van der Waals surface area contributed by atoms with Gasteiger partial charge in [0.05, 0.1) is 0 Å². The molecule has 0 aliphatic heterocycles. The second-order valence-electron chi connectivity index (χ2n) is 6.12. The van der Waals surface area contributed by atoms with Gasteiger partial charge in [-0.25, -0.2) is 4.79 Å². The largest absolute Gasteiger partial charge is 0.451 e. The molecule has 0 aliphatic rings. The first kappa shape index (κ1) is 20.4. The summed E-state index contributed by atoms with van der Waals surface area (Å²) >= 11 is 0. The van der Waals surface area contributed by atoms with Crippen molar-refractivity contribution in [2.75, 3.05) is 6.54 Å². The van der Waals surface area contributed by atoms with Gasteiger partial charge in [-0.3, -0.25) is 9.59 Å². The fourth-order valence-electron chi connectivity index (χ4n) is 2.16. The summed E-state index contributed by atoms with van der Waals surface area (Å²) in [5.41, 5.74) is 1.31. The van der Waals surface area contributed by atoms with E-state index in [-0.39, 0.29) is 11.8 Å². The summed E-state index contributed by atoms with van der Waals surface area (Å²) in [6, 6.07) is 6.27. The Morgan fingerprint density at radius 2 is 1.84 bits per heavy atom. The Labute approximate surface area is 148 Å². The summed E-state index contributed by atoms with van der Waals surface area (Å²) in [5, 5.41) is 5.26. The van der Waals surface area contributed by atoms with E-state index < -0.39 is 24.0 Å². The highest BCUT2D eigenvalue weighted by Gasteiger charge is 2.29. The standard InChI is InChI=1S/C19H26N2O4/c1-6-11-20-17(22)14(5)25-19(24)16(12(2)3)21-18(23)15-10-8-7-9-13(15)4/h6-10,12,14,16H,1,11H2,2-5H3,(H,20,22)(H,21,23)/t14-,16+/m1/s1. The molecule has 1 rings (SSSR count). The number of carbonyl (C=O) groups excluding carboxylic acids is 3. The Balaban J connectivity index is 2.77. The lowest BCUT2D eigenvalue weighted by Crippen LogP contribution is -2.47. The lowest BCUT2D eigenvalue weighted by Gasteiger charge is -2.23. The van der Waals surface area contributed by atoms with Crippen molar-refractivity contribution in [2.24, 2.45) is 5.92 Å². The number of nitrogens with one attached hydrogen (secondary N) is 2. The number of aryl methyl sites for hydroxylation is 1. The van der Waals surface area contributed by atoms with Gasteiger partial charge in [-0.15, -0.1) is 6.58 Å². The smallest absolute Gasteiger partial charge is 0.329 e. The van der Waals surface area contributed by atoms with Crippen LogP contribution >= 0.6 is 0 Å². The average Bonchev–Trinajstić information content (AvgIpc) is 2.57. The Kier molecular flexibility index (Phi) is 7.85. The predicted molar refractivity (Wildman–Crippen MR) is 96.0 cm³/mol. The van der Waals surface area contributed by atoms with E-state index >= 15 is 0 Å². The maximum Gasteiger partial charge on any atom is 0.329 e. The lowest BCUT2D eigenvalue weighted by atomic mass is 10.0. The molecule has 0 saturated carbocycles. The number of esters is 1. The zero-order valence-electron chi connectivity index (χ0n) is 15.2. The minimum atomic E-state index is -0.955. The topological polar surface area (TPSA) is 84.5 Å². The molecule has 6 nitrogen and oxygen atoms in total. The quantitative estimate of drug-likeness (QED) is 0.557. The average molecular weight is 346 g/mol. The van der Waals surface area contributed by atoms with Crippen LogP contribution in [0.25, 0.3) is 0 Å². The van der Waals surface area contributed by atoms with E-state index in [0.717, 1.165) is 5.56 Å².